The largest absolute Gasteiger partial charge is 0.465 e. The smallest absolute Gasteiger partial charge is 0.405 e. The van der Waals surface area contributed by atoms with E-state index >= 15 is 0 Å². The van der Waals surface area contributed by atoms with E-state index in [1.165, 1.54) is 0 Å². The second-order valence-corrected chi connectivity index (χ2v) is 6.98. The fourth-order valence-corrected chi connectivity index (χ4v) is 3.79. The van der Waals surface area contributed by atoms with E-state index in [1.807, 2.05) is 0 Å². The maximum atomic E-state index is 11.7. The van der Waals surface area contributed by atoms with Crippen molar-refractivity contribution in [3.05, 3.63) is 33.7 Å². The number of anilines is 1. The van der Waals surface area contributed by atoms with E-state index in [1.54, 1.807) is 29.2 Å². The highest BCUT2D eigenvalue weighted by molar-refractivity contribution is 8.18. The second-order valence-electron chi connectivity index (χ2n) is 5.56. The third kappa shape index (κ3) is 3.73. The van der Waals surface area contributed by atoms with Gasteiger partial charge in [0.2, 0.25) is 0 Å². The Labute approximate surface area is 151 Å². The number of carbonyl (C=O) groups excluding carboxylic acids is 2. The van der Waals surface area contributed by atoms with E-state index in [9.17, 15) is 19.5 Å². The van der Waals surface area contributed by atoms with Crippen LogP contribution in [0.5, 0.6) is 0 Å². The molecule has 2 saturated heterocycles. The lowest BCUT2D eigenvalue weighted by Crippen LogP contribution is -2.42. The Morgan fingerprint density at radius 3 is 2.80 bits per heavy atom. The van der Waals surface area contributed by atoms with Crippen molar-refractivity contribution in [1.29, 1.82) is 0 Å². The van der Waals surface area contributed by atoms with Crippen LogP contribution < -0.4 is 15.5 Å². The molecule has 0 radical (unpaired) electrons. The zero-order valence-corrected chi connectivity index (χ0v) is 14.3. The van der Waals surface area contributed by atoms with E-state index in [4.69, 9.17) is 16.7 Å². The maximum absolute atomic E-state index is 11.7. The summed E-state index contributed by atoms with van der Waals surface area (Å²) in [4.78, 5) is 35.9. The zero-order valence-electron chi connectivity index (χ0n) is 12.7. The van der Waals surface area contributed by atoms with E-state index in [0.29, 0.717) is 16.3 Å². The minimum absolute atomic E-state index is 0.184. The van der Waals surface area contributed by atoms with Gasteiger partial charge in [-0.15, -0.1) is 0 Å². The molecule has 0 spiro atoms. The second kappa shape index (κ2) is 6.95. The molecule has 132 valence electrons. The van der Waals surface area contributed by atoms with Crippen LogP contribution in [0.1, 0.15) is 5.56 Å². The first kappa shape index (κ1) is 17.6. The number of nitrogens with one attached hydrogen (secondary N) is 2. The lowest BCUT2D eigenvalue weighted by molar-refractivity contribution is -0.115. The topological polar surface area (TPSA) is 119 Å². The van der Waals surface area contributed by atoms with Gasteiger partial charge in [0.25, 0.3) is 11.1 Å². The zero-order chi connectivity index (χ0) is 18.1. The van der Waals surface area contributed by atoms with Crippen molar-refractivity contribution in [2.24, 2.45) is 0 Å². The number of imide groups is 1. The minimum Gasteiger partial charge on any atom is -0.465 e. The first-order valence-corrected chi connectivity index (χ1v) is 8.50. The molecule has 0 bridgehead atoms. The minimum atomic E-state index is -1.22. The number of para-hydroxylation sites is 1. The van der Waals surface area contributed by atoms with Crippen molar-refractivity contribution in [2.75, 3.05) is 18.0 Å². The molecule has 3 rings (SSSR count). The molecule has 25 heavy (non-hydrogen) atoms. The Morgan fingerprint density at radius 1 is 1.40 bits per heavy atom. The highest BCUT2D eigenvalue weighted by Crippen LogP contribution is 2.36. The third-order valence-electron chi connectivity index (χ3n) is 3.86. The predicted octanol–water partition coefficient (Wildman–Crippen LogP) is 1.48. The Hall–Kier alpha value is -2.23. The summed E-state index contributed by atoms with van der Waals surface area (Å²) in [6.07, 6.45) is -0.556. The van der Waals surface area contributed by atoms with Gasteiger partial charge in [0.1, 0.15) is 0 Å². The fraction of sp³-hybridized carbons (Fsp3) is 0.267. The Kier molecular flexibility index (Phi) is 4.89. The molecule has 3 amide bonds. The van der Waals surface area contributed by atoms with Crippen LogP contribution in [0.3, 0.4) is 0 Å². The summed E-state index contributed by atoms with van der Waals surface area (Å²) in [5.74, 6) is -0.479. The summed E-state index contributed by atoms with van der Waals surface area (Å²) >= 11 is 7.09. The number of β-amino-alcohol motifs (C(OH)–C–C–N with tert-alkyl or cyclic N) is 1. The number of carboxylic acid groups (broad SMARTS) is 1. The number of aliphatic hydroxyl groups is 1. The molecular formula is C15H14ClN3O5S. The molecule has 4 N–H and O–H groups in total. The highest BCUT2D eigenvalue weighted by Gasteiger charge is 2.34. The summed E-state index contributed by atoms with van der Waals surface area (Å²) in [7, 11) is 0. The molecule has 10 heteroatoms. The molecule has 2 atom stereocenters. The van der Waals surface area contributed by atoms with Gasteiger partial charge in [0.15, 0.2) is 0 Å². The Balaban J connectivity index is 1.92. The number of nitrogens with zero attached hydrogens (tertiary/aromatic N) is 1. The highest BCUT2D eigenvalue weighted by atomic mass is 35.5. The number of hydrogen-bond acceptors (Lipinski definition) is 6. The third-order valence-corrected chi connectivity index (χ3v) is 4.98. The van der Waals surface area contributed by atoms with Gasteiger partial charge in [-0.25, -0.2) is 4.79 Å². The fourth-order valence-electron chi connectivity index (χ4n) is 2.81. The average Bonchev–Trinajstić information content (AvgIpc) is 3.01. The summed E-state index contributed by atoms with van der Waals surface area (Å²) in [6, 6.07) is 4.45. The van der Waals surface area contributed by atoms with Gasteiger partial charge in [-0.3, -0.25) is 14.9 Å². The van der Waals surface area contributed by atoms with Gasteiger partial charge in [-0.2, -0.15) is 0 Å². The molecule has 1 aromatic carbocycles. The molecule has 0 aliphatic carbocycles. The van der Waals surface area contributed by atoms with Crippen LogP contribution in [0.25, 0.3) is 6.08 Å². The normalized spacial score (nSPS) is 24.7. The number of carbonyl (C=O) groups is 3. The number of rotatable bonds is 3. The number of benzene rings is 1. The van der Waals surface area contributed by atoms with Crippen LogP contribution in [0.2, 0.25) is 5.02 Å². The van der Waals surface area contributed by atoms with Gasteiger partial charge in [-0.1, -0.05) is 23.7 Å². The molecule has 0 saturated carbocycles. The van der Waals surface area contributed by atoms with E-state index in [0.717, 1.165) is 11.8 Å². The summed E-state index contributed by atoms with van der Waals surface area (Å²) < 4.78 is 0. The lowest BCUT2D eigenvalue weighted by Gasteiger charge is -2.22. The summed E-state index contributed by atoms with van der Waals surface area (Å²) in [6.45, 7) is 0.411. The van der Waals surface area contributed by atoms with E-state index < -0.39 is 29.4 Å². The van der Waals surface area contributed by atoms with Crippen LogP contribution in [0.4, 0.5) is 15.3 Å². The molecule has 0 unspecified atom stereocenters. The van der Waals surface area contributed by atoms with Crippen LogP contribution in [0.15, 0.2) is 23.1 Å². The first-order chi connectivity index (χ1) is 11.8. The number of aliphatic hydroxyl groups excluding tert-OH is 1. The van der Waals surface area contributed by atoms with Gasteiger partial charge in [-0.05, 0) is 23.9 Å². The molecule has 1 aromatic rings. The molecule has 2 fully saturated rings. The van der Waals surface area contributed by atoms with Gasteiger partial charge in [0, 0.05) is 18.7 Å². The quantitative estimate of drug-likeness (QED) is 0.584. The monoisotopic (exact) mass is 383 g/mol. The van der Waals surface area contributed by atoms with Crippen molar-refractivity contribution in [1.82, 2.24) is 10.6 Å². The van der Waals surface area contributed by atoms with Crippen molar-refractivity contribution in [3.63, 3.8) is 0 Å². The number of hydrogen-bond donors (Lipinski definition) is 4. The van der Waals surface area contributed by atoms with Gasteiger partial charge >= 0.3 is 6.09 Å². The number of thioether (sulfide) groups is 1. The molecule has 8 nitrogen and oxygen atoms in total. The van der Waals surface area contributed by atoms with Crippen molar-refractivity contribution in [3.8, 4) is 0 Å². The predicted molar refractivity (Wildman–Crippen MR) is 93.7 cm³/mol. The summed E-state index contributed by atoms with van der Waals surface area (Å²) in [5.41, 5.74) is 1.17. The van der Waals surface area contributed by atoms with Crippen LogP contribution in [-0.2, 0) is 4.79 Å². The number of halogens is 1. The molecule has 2 heterocycles. The van der Waals surface area contributed by atoms with E-state index in [-0.39, 0.29) is 18.0 Å². The summed E-state index contributed by atoms with van der Waals surface area (Å²) in [5, 5.41) is 23.3. The van der Waals surface area contributed by atoms with Gasteiger partial charge < -0.3 is 20.4 Å². The maximum Gasteiger partial charge on any atom is 0.405 e. The molecule has 0 aromatic heterocycles. The Bertz CT molecular complexity index is 784. The van der Waals surface area contributed by atoms with Crippen molar-refractivity contribution < 1.29 is 24.6 Å². The average molecular weight is 384 g/mol. The molecule has 2 aliphatic rings. The van der Waals surface area contributed by atoms with Crippen LogP contribution >= 0.6 is 23.4 Å². The number of amides is 3. The van der Waals surface area contributed by atoms with E-state index in [2.05, 4.69) is 10.6 Å². The van der Waals surface area contributed by atoms with Gasteiger partial charge in [0.05, 0.1) is 27.8 Å². The molecule has 2 aliphatic heterocycles. The van der Waals surface area contributed by atoms with Crippen molar-refractivity contribution in [2.45, 2.75) is 12.1 Å². The lowest BCUT2D eigenvalue weighted by atomic mass is 10.1. The molecular weight excluding hydrogens is 370 g/mol. The first-order valence-electron chi connectivity index (χ1n) is 7.31. The van der Waals surface area contributed by atoms with Crippen LogP contribution in [-0.4, -0.2) is 52.7 Å². The van der Waals surface area contributed by atoms with Crippen molar-refractivity contribution >= 4 is 52.4 Å². The SMILES string of the molecule is O=C(O)N[C@H]1CN(c2c(Cl)cccc2/C=C2\SC(=O)NC2=O)C[C@@H]1O. The Morgan fingerprint density at radius 2 is 2.16 bits per heavy atom. The van der Waals surface area contributed by atoms with Crippen LogP contribution in [0, 0.1) is 0 Å². The standard InChI is InChI=1S/C15H14ClN3O5S/c16-8-3-1-2-7(4-11-13(21)18-15(24)25-11)12(8)19-5-9(10(20)6-19)17-14(22)23/h1-4,9-10,17,20H,5-6H2,(H,22,23)(H,18,21,24)/b11-4-/t9-,10-/m0/s1.